The lowest BCUT2D eigenvalue weighted by atomic mass is 10.2. The monoisotopic (exact) mass is 389 g/mol. The Bertz CT molecular complexity index is 780. The Labute approximate surface area is 162 Å². The second-order valence-electron chi connectivity index (χ2n) is 6.61. The first kappa shape index (κ1) is 19.5. The number of hydrogen-bond acceptors (Lipinski definition) is 6. The molecule has 1 N–H and O–H groups in total. The Morgan fingerprint density at radius 3 is 2.89 bits per heavy atom. The van der Waals surface area contributed by atoms with Gasteiger partial charge in [0.05, 0.1) is 31.4 Å². The van der Waals surface area contributed by atoms with Crippen molar-refractivity contribution in [3.05, 3.63) is 41.4 Å². The van der Waals surface area contributed by atoms with Crippen molar-refractivity contribution in [2.45, 2.75) is 12.5 Å². The number of rotatable bonds is 7. The Balaban J connectivity index is 1.55. The summed E-state index contributed by atoms with van der Waals surface area (Å²) in [5, 5.41) is 11.7. The standard InChI is InChI=1S/C19H23N3O4S/c1-21(12-18(24)25)10-16-11-22(7-8-26-16)17(23)9-15-13-27-19(20-15)14-5-3-2-4-6-14/h2-6,13,16H,7-12H2,1H3,(H,24,25). The number of aliphatic carboxylic acids is 1. The highest BCUT2D eigenvalue weighted by molar-refractivity contribution is 7.13. The van der Waals surface area contributed by atoms with E-state index in [0.29, 0.717) is 26.2 Å². The molecule has 1 saturated heterocycles. The van der Waals surface area contributed by atoms with Gasteiger partial charge in [-0.25, -0.2) is 4.98 Å². The van der Waals surface area contributed by atoms with Crippen LogP contribution in [0.15, 0.2) is 35.7 Å². The SMILES string of the molecule is CN(CC(=O)O)CC1CN(C(=O)Cc2csc(-c3ccccc3)n2)CCO1. The van der Waals surface area contributed by atoms with Gasteiger partial charge in [0.15, 0.2) is 0 Å². The average molecular weight is 389 g/mol. The summed E-state index contributed by atoms with van der Waals surface area (Å²) in [7, 11) is 1.73. The number of carbonyl (C=O) groups excluding carboxylic acids is 1. The summed E-state index contributed by atoms with van der Waals surface area (Å²) in [4.78, 5) is 31.5. The highest BCUT2D eigenvalue weighted by atomic mass is 32.1. The summed E-state index contributed by atoms with van der Waals surface area (Å²) >= 11 is 1.54. The minimum absolute atomic E-state index is 0.0223. The predicted molar refractivity (Wildman–Crippen MR) is 103 cm³/mol. The maximum atomic E-state index is 12.6. The van der Waals surface area contributed by atoms with Crippen LogP contribution < -0.4 is 0 Å². The molecule has 0 saturated carbocycles. The van der Waals surface area contributed by atoms with Crippen LogP contribution >= 0.6 is 11.3 Å². The van der Waals surface area contributed by atoms with Crippen LogP contribution in [0.4, 0.5) is 0 Å². The minimum Gasteiger partial charge on any atom is -0.480 e. The molecule has 3 rings (SSSR count). The molecule has 8 heteroatoms. The molecule has 0 radical (unpaired) electrons. The van der Waals surface area contributed by atoms with E-state index in [0.717, 1.165) is 16.3 Å². The van der Waals surface area contributed by atoms with Crippen LogP contribution in [0.3, 0.4) is 0 Å². The minimum atomic E-state index is -0.876. The lowest BCUT2D eigenvalue weighted by molar-refractivity contribution is -0.142. The van der Waals surface area contributed by atoms with Gasteiger partial charge in [0, 0.05) is 30.6 Å². The predicted octanol–water partition coefficient (Wildman–Crippen LogP) is 1.60. The van der Waals surface area contributed by atoms with Crippen molar-refractivity contribution >= 4 is 23.2 Å². The third-order valence-corrected chi connectivity index (χ3v) is 5.26. The first-order valence-electron chi connectivity index (χ1n) is 8.81. The molecule has 1 amide bonds. The lowest BCUT2D eigenvalue weighted by Gasteiger charge is -2.34. The Morgan fingerprint density at radius 2 is 2.15 bits per heavy atom. The Kier molecular flexibility index (Phi) is 6.54. The van der Waals surface area contributed by atoms with Crippen molar-refractivity contribution in [3.63, 3.8) is 0 Å². The first-order valence-corrected chi connectivity index (χ1v) is 9.69. The van der Waals surface area contributed by atoms with E-state index in [9.17, 15) is 9.59 Å². The number of aromatic nitrogens is 1. The highest BCUT2D eigenvalue weighted by Crippen LogP contribution is 2.23. The van der Waals surface area contributed by atoms with Crippen molar-refractivity contribution < 1.29 is 19.4 Å². The molecule has 0 aliphatic carbocycles. The average Bonchev–Trinajstić information content (AvgIpc) is 3.10. The number of morpholine rings is 1. The van der Waals surface area contributed by atoms with Gasteiger partial charge in [-0.3, -0.25) is 14.5 Å². The summed E-state index contributed by atoms with van der Waals surface area (Å²) in [6, 6.07) is 9.91. The fraction of sp³-hybridized carbons (Fsp3) is 0.421. The second kappa shape index (κ2) is 9.07. The van der Waals surface area contributed by atoms with Gasteiger partial charge in [0.25, 0.3) is 0 Å². The zero-order valence-electron chi connectivity index (χ0n) is 15.2. The molecule has 144 valence electrons. The maximum Gasteiger partial charge on any atom is 0.317 e. The summed E-state index contributed by atoms with van der Waals surface area (Å²) in [5.74, 6) is -0.854. The van der Waals surface area contributed by atoms with E-state index in [2.05, 4.69) is 4.98 Å². The van der Waals surface area contributed by atoms with E-state index in [1.807, 2.05) is 35.7 Å². The molecule has 0 spiro atoms. The summed E-state index contributed by atoms with van der Waals surface area (Å²) in [6.45, 7) is 1.91. The van der Waals surface area contributed by atoms with Crippen molar-refractivity contribution in [3.8, 4) is 10.6 Å². The molecule has 1 atom stereocenters. The topological polar surface area (TPSA) is 83.0 Å². The molecule has 0 bridgehead atoms. The molecular formula is C19H23N3O4S. The molecule has 7 nitrogen and oxygen atoms in total. The van der Waals surface area contributed by atoms with E-state index >= 15 is 0 Å². The van der Waals surface area contributed by atoms with Crippen LogP contribution in [-0.4, -0.2) is 77.7 Å². The van der Waals surface area contributed by atoms with Crippen molar-refractivity contribution in [1.29, 1.82) is 0 Å². The van der Waals surface area contributed by atoms with Crippen LogP contribution in [-0.2, 0) is 20.7 Å². The zero-order chi connectivity index (χ0) is 19.2. The Hall–Kier alpha value is -2.29. The summed E-state index contributed by atoms with van der Waals surface area (Å²) in [5.41, 5.74) is 1.82. The number of thiazole rings is 1. The normalized spacial score (nSPS) is 17.3. The van der Waals surface area contributed by atoms with Gasteiger partial charge in [-0.1, -0.05) is 30.3 Å². The fourth-order valence-electron chi connectivity index (χ4n) is 3.07. The van der Waals surface area contributed by atoms with Gasteiger partial charge in [-0.05, 0) is 7.05 Å². The van der Waals surface area contributed by atoms with Crippen molar-refractivity contribution in [2.24, 2.45) is 0 Å². The molecule has 1 aliphatic heterocycles. The molecule has 1 unspecified atom stereocenters. The third kappa shape index (κ3) is 5.59. The van der Waals surface area contributed by atoms with E-state index < -0.39 is 5.97 Å². The molecule has 2 heterocycles. The van der Waals surface area contributed by atoms with Crippen molar-refractivity contribution in [2.75, 3.05) is 39.8 Å². The number of carbonyl (C=O) groups is 2. The number of nitrogens with zero attached hydrogens (tertiary/aromatic N) is 3. The molecule has 1 aromatic heterocycles. The quantitative estimate of drug-likeness (QED) is 0.774. The number of carboxylic acids is 1. The number of ether oxygens (including phenoxy) is 1. The van der Waals surface area contributed by atoms with Crippen LogP contribution in [0.5, 0.6) is 0 Å². The summed E-state index contributed by atoms with van der Waals surface area (Å²) < 4.78 is 5.68. The number of amides is 1. The van der Waals surface area contributed by atoms with Gasteiger partial charge >= 0.3 is 5.97 Å². The number of hydrogen-bond donors (Lipinski definition) is 1. The molecule has 1 aromatic carbocycles. The highest BCUT2D eigenvalue weighted by Gasteiger charge is 2.26. The lowest BCUT2D eigenvalue weighted by Crippen LogP contribution is -2.50. The smallest absolute Gasteiger partial charge is 0.317 e. The Morgan fingerprint density at radius 1 is 1.37 bits per heavy atom. The van der Waals surface area contributed by atoms with Crippen LogP contribution in [0, 0.1) is 0 Å². The van der Waals surface area contributed by atoms with Crippen molar-refractivity contribution in [1.82, 2.24) is 14.8 Å². The second-order valence-corrected chi connectivity index (χ2v) is 7.47. The van der Waals surface area contributed by atoms with Gasteiger partial charge in [0.2, 0.25) is 5.91 Å². The van der Waals surface area contributed by atoms with Gasteiger partial charge in [-0.2, -0.15) is 0 Å². The zero-order valence-corrected chi connectivity index (χ0v) is 16.0. The van der Waals surface area contributed by atoms with Gasteiger partial charge in [-0.15, -0.1) is 11.3 Å². The maximum absolute atomic E-state index is 12.6. The van der Waals surface area contributed by atoms with Crippen LogP contribution in [0.2, 0.25) is 0 Å². The van der Waals surface area contributed by atoms with Gasteiger partial charge in [0.1, 0.15) is 5.01 Å². The number of carboxylic acid groups (broad SMARTS) is 1. The molecule has 1 aliphatic rings. The molecule has 2 aromatic rings. The van der Waals surface area contributed by atoms with Gasteiger partial charge < -0.3 is 14.7 Å². The molecule has 27 heavy (non-hydrogen) atoms. The largest absolute Gasteiger partial charge is 0.480 e. The van der Waals surface area contributed by atoms with E-state index in [1.54, 1.807) is 16.8 Å². The fourth-order valence-corrected chi connectivity index (χ4v) is 3.89. The van der Waals surface area contributed by atoms with E-state index in [1.165, 1.54) is 11.3 Å². The third-order valence-electron chi connectivity index (χ3n) is 4.32. The van der Waals surface area contributed by atoms with E-state index in [4.69, 9.17) is 9.84 Å². The summed E-state index contributed by atoms with van der Waals surface area (Å²) in [6.07, 6.45) is 0.0865. The molecule has 1 fully saturated rings. The number of benzene rings is 1. The van der Waals surface area contributed by atoms with Crippen LogP contribution in [0.1, 0.15) is 5.69 Å². The molecular weight excluding hydrogens is 366 g/mol. The number of likely N-dealkylation sites (N-methyl/N-ethyl adjacent to an activating group) is 1. The van der Waals surface area contributed by atoms with E-state index in [-0.39, 0.29) is 25.0 Å². The first-order chi connectivity index (χ1) is 13.0. The van der Waals surface area contributed by atoms with Crippen LogP contribution in [0.25, 0.3) is 10.6 Å².